The highest BCUT2D eigenvalue weighted by Gasteiger charge is 2.34. The number of anilines is 1. The zero-order chi connectivity index (χ0) is 27.6. The first-order valence-corrected chi connectivity index (χ1v) is 14.9. The molecule has 206 valence electrons. The van der Waals surface area contributed by atoms with E-state index in [1.807, 2.05) is 48.5 Å². The fourth-order valence-electron chi connectivity index (χ4n) is 5.80. The molecule has 1 saturated carbocycles. The number of carbonyl (C=O) groups excluding carboxylic acids is 2. The lowest BCUT2D eigenvalue weighted by Gasteiger charge is -2.20. The van der Waals surface area contributed by atoms with Crippen molar-refractivity contribution in [3.63, 3.8) is 0 Å². The molecule has 2 fully saturated rings. The molecule has 2 aliphatic rings. The van der Waals surface area contributed by atoms with Gasteiger partial charge in [-0.2, -0.15) is 0 Å². The molecule has 3 heterocycles. The van der Waals surface area contributed by atoms with Crippen molar-refractivity contribution in [2.45, 2.75) is 44.4 Å². The summed E-state index contributed by atoms with van der Waals surface area (Å²) < 4.78 is 0. The Morgan fingerprint density at radius 2 is 1.88 bits per heavy atom. The number of aliphatic hydroxyl groups is 1. The summed E-state index contributed by atoms with van der Waals surface area (Å²) in [7, 11) is 0. The van der Waals surface area contributed by atoms with Gasteiger partial charge < -0.3 is 15.7 Å². The van der Waals surface area contributed by atoms with Gasteiger partial charge in [0.1, 0.15) is 9.98 Å². The van der Waals surface area contributed by atoms with Gasteiger partial charge in [0.15, 0.2) is 0 Å². The monoisotopic (exact) mass is 574 g/mol. The molecular formula is C31H31ClN4O3S. The van der Waals surface area contributed by atoms with Crippen molar-refractivity contribution in [1.82, 2.24) is 15.2 Å². The largest absolute Gasteiger partial charge is 0.392 e. The van der Waals surface area contributed by atoms with Gasteiger partial charge in [0.05, 0.1) is 16.9 Å². The van der Waals surface area contributed by atoms with E-state index in [0.717, 1.165) is 65.8 Å². The molecule has 2 aromatic carbocycles. The second kappa shape index (κ2) is 11.7. The van der Waals surface area contributed by atoms with Crippen molar-refractivity contribution in [3.05, 3.63) is 82.3 Å². The Morgan fingerprint density at radius 3 is 2.67 bits per heavy atom. The molecule has 3 N–H and O–H groups in total. The quantitative estimate of drug-likeness (QED) is 0.245. The van der Waals surface area contributed by atoms with Gasteiger partial charge in [0, 0.05) is 36.7 Å². The van der Waals surface area contributed by atoms with Crippen molar-refractivity contribution >= 4 is 50.7 Å². The molecule has 1 unspecified atom stereocenters. The van der Waals surface area contributed by atoms with E-state index in [0.29, 0.717) is 16.6 Å². The van der Waals surface area contributed by atoms with Crippen LogP contribution in [0.4, 0.5) is 5.69 Å². The first kappa shape index (κ1) is 26.9. The Kier molecular flexibility index (Phi) is 7.85. The Hall–Kier alpha value is -3.30. The first-order chi connectivity index (χ1) is 19.4. The van der Waals surface area contributed by atoms with Crippen molar-refractivity contribution in [3.8, 4) is 11.1 Å². The summed E-state index contributed by atoms with van der Waals surface area (Å²) in [5.41, 5.74) is 4.19. The van der Waals surface area contributed by atoms with Crippen LogP contribution in [0, 0.1) is 5.92 Å². The van der Waals surface area contributed by atoms with Crippen LogP contribution in [0.15, 0.2) is 66.7 Å². The van der Waals surface area contributed by atoms with Gasteiger partial charge >= 0.3 is 0 Å². The lowest BCUT2D eigenvalue weighted by atomic mass is 9.98. The van der Waals surface area contributed by atoms with Crippen molar-refractivity contribution in [2.75, 3.05) is 18.4 Å². The normalized spacial score (nSPS) is 21.1. The first-order valence-electron chi connectivity index (χ1n) is 13.7. The van der Waals surface area contributed by atoms with E-state index in [1.165, 1.54) is 16.9 Å². The highest BCUT2D eigenvalue weighted by atomic mass is 35.5. The number of pyridine rings is 1. The van der Waals surface area contributed by atoms with Gasteiger partial charge in [0.2, 0.25) is 5.91 Å². The topological polar surface area (TPSA) is 94.6 Å². The molecule has 1 aliphatic heterocycles. The molecule has 40 heavy (non-hydrogen) atoms. The summed E-state index contributed by atoms with van der Waals surface area (Å²) in [6.07, 6.45) is 2.96. The minimum atomic E-state index is -0.290. The maximum atomic E-state index is 13.2. The van der Waals surface area contributed by atoms with Crippen molar-refractivity contribution < 1.29 is 14.7 Å². The number of likely N-dealkylation sites (tertiary alicyclic amines) is 1. The van der Waals surface area contributed by atoms with Gasteiger partial charge in [-0.1, -0.05) is 54.4 Å². The molecule has 7 nitrogen and oxygen atoms in total. The molecule has 3 atom stereocenters. The minimum absolute atomic E-state index is 0.0756. The van der Waals surface area contributed by atoms with Gasteiger partial charge in [-0.3, -0.25) is 14.5 Å². The molecule has 0 radical (unpaired) electrons. The van der Waals surface area contributed by atoms with Crippen LogP contribution in [0.3, 0.4) is 0 Å². The molecule has 6 rings (SSSR count). The summed E-state index contributed by atoms with van der Waals surface area (Å²) in [6, 6.07) is 21.4. The number of rotatable bonds is 7. The van der Waals surface area contributed by atoms with E-state index in [4.69, 9.17) is 11.6 Å². The SMILES string of the molecule is O=C(N[C@@H]1CCC[C@@H]1C(=O)Nc1ccc(-c2ccccc2CN2CCC(O)C2)cc1)c1cc2ccc(Cl)nc2s1. The van der Waals surface area contributed by atoms with Gasteiger partial charge in [-0.15, -0.1) is 11.3 Å². The number of nitrogens with zero attached hydrogens (tertiary/aromatic N) is 2. The van der Waals surface area contributed by atoms with Crippen LogP contribution in [0.2, 0.25) is 5.15 Å². The number of fused-ring (bicyclic) bond motifs is 1. The molecule has 4 aromatic rings. The number of halogens is 1. The smallest absolute Gasteiger partial charge is 0.261 e. The average Bonchev–Trinajstić information content (AvgIpc) is 3.69. The standard InChI is InChI=1S/C31H31ClN4O3S/c32-28-13-10-20-16-27(40-31(20)35-28)30(39)34-26-7-3-6-25(26)29(38)33-22-11-8-19(9-12-22)24-5-2-1-4-21(24)17-36-15-14-23(37)18-36/h1-2,4-5,8-13,16,23,25-26,37H,3,6-7,14-15,17-18H2,(H,33,38)(H,34,39)/t23?,25-,26+/m0/s1. The van der Waals surface area contributed by atoms with E-state index in [2.05, 4.69) is 32.7 Å². The molecule has 2 aromatic heterocycles. The Labute approximate surface area is 242 Å². The van der Waals surface area contributed by atoms with E-state index < -0.39 is 0 Å². The van der Waals surface area contributed by atoms with Crippen LogP contribution >= 0.6 is 22.9 Å². The van der Waals surface area contributed by atoms with Gasteiger partial charge in [0.25, 0.3) is 5.91 Å². The Balaban J connectivity index is 1.09. The summed E-state index contributed by atoms with van der Waals surface area (Å²) >= 11 is 7.29. The van der Waals surface area contributed by atoms with Crippen LogP contribution in [-0.4, -0.2) is 52.0 Å². The fraction of sp³-hybridized carbons (Fsp3) is 0.323. The van der Waals surface area contributed by atoms with Crippen LogP contribution in [0.1, 0.15) is 40.9 Å². The third kappa shape index (κ3) is 5.90. The lowest BCUT2D eigenvalue weighted by Crippen LogP contribution is -2.41. The number of carbonyl (C=O) groups is 2. The molecule has 9 heteroatoms. The zero-order valence-corrected chi connectivity index (χ0v) is 23.5. The van der Waals surface area contributed by atoms with Crippen LogP contribution in [-0.2, 0) is 11.3 Å². The van der Waals surface area contributed by atoms with E-state index in [1.54, 1.807) is 6.07 Å². The predicted octanol–water partition coefficient (Wildman–Crippen LogP) is 5.72. The van der Waals surface area contributed by atoms with Crippen molar-refractivity contribution in [1.29, 1.82) is 0 Å². The number of amides is 2. The molecule has 1 saturated heterocycles. The third-order valence-electron chi connectivity index (χ3n) is 7.86. The Bertz CT molecular complexity index is 1540. The summed E-state index contributed by atoms with van der Waals surface area (Å²) in [5, 5.41) is 17.3. The van der Waals surface area contributed by atoms with Gasteiger partial charge in [-0.25, -0.2) is 4.98 Å². The number of benzene rings is 2. The summed E-state index contributed by atoms with van der Waals surface area (Å²) in [6.45, 7) is 2.41. The third-order valence-corrected chi connectivity index (χ3v) is 9.12. The maximum Gasteiger partial charge on any atom is 0.261 e. The maximum absolute atomic E-state index is 13.2. The summed E-state index contributed by atoms with van der Waals surface area (Å²) in [4.78, 5) is 34.1. The molecule has 2 amide bonds. The number of hydrogen-bond donors (Lipinski definition) is 3. The van der Waals surface area contributed by atoms with E-state index >= 15 is 0 Å². The second-order valence-electron chi connectivity index (χ2n) is 10.7. The average molecular weight is 575 g/mol. The van der Waals surface area contributed by atoms with Gasteiger partial charge in [-0.05, 0) is 66.3 Å². The Morgan fingerprint density at radius 1 is 1.05 bits per heavy atom. The molecule has 0 spiro atoms. The highest BCUT2D eigenvalue weighted by molar-refractivity contribution is 7.20. The van der Waals surface area contributed by atoms with Crippen LogP contribution in [0.25, 0.3) is 21.3 Å². The summed E-state index contributed by atoms with van der Waals surface area (Å²) in [5.74, 6) is -0.550. The number of aliphatic hydroxyl groups excluding tert-OH is 1. The fourth-order valence-corrected chi connectivity index (χ4v) is 6.93. The van der Waals surface area contributed by atoms with Crippen LogP contribution in [0.5, 0.6) is 0 Å². The highest BCUT2D eigenvalue weighted by Crippen LogP contribution is 2.31. The van der Waals surface area contributed by atoms with E-state index in [-0.39, 0.29) is 29.9 Å². The van der Waals surface area contributed by atoms with Crippen LogP contribution < -0.4 is 10.6 Å². The zero-order valence-electron chi connectivity index (χ0n) is 22.0. The lowest BCUT2D eigenvalue weighted by molar-refractivity contribution is -0.120. The number of hydrogen-bond acceptors (Lipinski definition) is 6. The number of aromatic nitrogens is 1. The van der Waals surface area contributed by atoms with E-state index in [9.17, 15) is 14.7 Å². The number of nitrogens with one attached hydrogen (secondary N) is 2. The number of β-amino-alcohol motifs (C(OH)–C–C–N with tert-alkyl or cyclic N) is 1. The molecule has 1 aliphatic carbocycles. The molecule has 0 bridgehead atoms. The van der Waals surface area contributed by atoms with Crippen molar-refractivity contribution in [2.24, 2.45) is 5.92 Å². The predicted molar refractivity (Wildman–Crippen MR) is 160 cm³/mol. The molecular weight excluding hydrogens is 544 g/mol. The second-order valence-corrected chi connectivity index (χ2v) is 12.1. The number of thiophene rings is 1. The minimum Gasteiger partial charge on any atom is -0.392 e.